The molecule has 12 aromatic rings. The van der Waals surface area contributed by atoms with Gasteiger partial charge in [-0.15, -0.1) is 11.6 Å². The maximum absolute atomic E-state index is 12.1. The van der Waals surface area contributed by atoms with Crippen molar-refractivity contribution in [3.8, 4) is 22.8 Å². The largest absolute Gasteiger partial charge is 0.478 e. The van der Waals surface area contributed by atoms with Gasteiger partial charge >= 0.3 is 23.1 Å². The number of halogens is 12. The molecule has 4 aromatic carbocycles. The summed E-state index contributed by atoms with van der Waals surface area (Å²) in [5.41, 5.74) is 20.4. The number of amides is 1. The first-order valence-corrected chi connectivity index (χ1v) is 42.1. The van der Waals surface area contributed by atoms with Gasteiger partial charge < -0.3 is 52.1 Å². The number of aliphatic hydroxyl groups is 1. The van der Waals surface area contributed by atoms with Crippen LogP contribution in [0.4, 0.5) is 23.1 Å². The molecule has 0 saturated heterocycles. The zero-order valence-corrected chi connectivity index (χ0v) is 71.7. The SMILES string of the molecule is CCN(CC)CC.CCl.CO.COC(=O)c1cccnc1N.COC(=O)c1cccnc1NC(=O)c1cccc(Cl)c1.Clc1cccc(-c2nc(Cl)c3cccnc3n2)c1.Nc1ccncc1.Nc1ncccc1C(=O)O.O=C(Cl)c1cccc(Cl)c1.O=P(Cl)(Cl)Cl.O=S(Cl)Cl.O=c1[nH]c(-c2cccc(Cl)c2)nc2ncccc12. The second kappa shape index (κ2) is 57.9. The molecule has 41 heteroatoms. The van der Waals surface area contributed by atoms with Crippen LogP contribution in [0.25, 0.3) is 44.8 Å². The molecule has 0 aliphatic heterocycles. The number of esters is 2. The van der Waals surface area contributed by atoms with Gasteiger partial charge in [-0.3, -0.25) is 23.9 Å². The molecule has 114 heavy (non-hydrogen) atoms. The van der Waals surface area contributed by atoms with E-state index in [0.717, 1.165) is 29.3 Å². The van der Waals surface area contributed by atoms with E-state index in [1.54, 1.807) is 140 Å². The molecule has 1 amide bonds. The van der Waals surface area contributed by atoms with Crippen molar-refractivity contribution in [2.24, 2.45) is 0 Å². The normalized spacial score (nSPS) is 9.74. The maximum atomic E-state index is 12.1. The molecule has 8 aromatic heterocycles. The van der Waals surface area contributed by atoms with E-state index in [-0.39, 0.29) is 34.1 Å². The first-order chi connectivity index (χ1) is 54.2. The number of anilines is 4. The number of nitrogens with zero attached hydrogens (tertiary/aromatic N) is 10. The Morgan fingerprint density at radius 1 is 0.535 bits per heavy atom. The van der Waals surface area contributed by atoms with Crippen molar-refractivity contribution in [3.05, 3.63) is 277 Å². The standard InChI is InChI=1S/C14H11ClN2O3.C13H7Cl2N3.C13H8ClN3O.C7H4Cl2O.C7H8N2O2.C6H6N2O2.C6H15N.C5H6N2.CH3Cl.CH4O.Cl3OP.Cl2OS/c1-20-14(19)11-6-3-7-16-12(11)17-13(18)9-4-2-5-10(15)8-9;14-9-4-1-3-8(7-9)12-17-11(15)10-5-2-6-16-13(10)18-12;14-9-4-1-3-8(7-9)11-16-12-10(13(18)17-11)5-2-6-15-12;8-6-3-1-2-5(4-6)7(9)10;1-11-7(10)5-3-2-4-9-6(5)8;7-5-4(6(9)10)2-1-3-8-5;1-4-7(5-2)6-3;6-5-1-3-7-4-2-5;2*1-2;1-5(2,3)4;1-4(2)3/h2-8H,1H3,(H,16,17,18);1-7H;1-7H,(H,15,16,17,18);1-4H;2-4H,1H3,(H2,8,9);1-3H,(H2,7,8)(H,9,10);4-6H2,1-3H3;1-4H,(H2,6,7);1H3;2H,1H3;;. The van der Waals surface area contributed by atoms with Crippen LogP contribution in [0.1, 0.15) is 72.6 Å². The third-order valence-electron chi connectivity index (χ3n) is 13.0. The van der Waals surface area contributed by atoms with Gasteiger partial charge in [0.25, 0.3) is 16.7 Å². The van der Waals surface area contributed by atoms with Crippen molar-refractivity contribution >= 4 is 225 Å². The maximum Gasteiger partial charge on any atom is 0.341 e. The topological polar surface area (TPSA) is 421 Å². The molecular weight excluding hydrogens is 1770 g/mol. The number of methoxy groups -OCH3 is 2. The zero-order chi connectivity index (χ0) is 85.9. The number of hydrogen-bond acceptors (Lipinski definition) is 24. The molecule has 0 aliphatic carbocycles. The number of nitrogens with one attached hydrogen (secondary N) is 2. The number of carbonyl (C=O) groups excluding carboxylic acids is 4. The summed E-state index contributed by atoms with van der Waals surface area (Å²) >= 11 is 53.1. The van der Waals surface area contributed by atoms with E-state index in [0.29, 0.717) is 70.3 Å². The van der Waals surface area contributed by atoms with Crippen molar-refractivity contribution in [3.63, 3.8) is 0 Å². The first kappa shape index (κ1) is 103. The Balaban J connectivity index is 0.000000651. The lowest BCUT2D eigenvalue weighted by Crippen LogP contribution is -2.21. The highest BCUT2D eigenvalue weighted by atomic mass is 36.0. The number of fused-ring (bicyclic) bond motifs is 2. The minimum absolute atomic E-state index is 0.0440. The fourth-order valence-corrected chi connectivity index (χ4v) is 9.07. The van der Waals surface area contributed by atoms with Crippen LogP contribution in [0.3, 0.4) is 0 Å². The fourth-order valence-electron chi connectivity index (χ4n) is 7.96. The fraction of sp³-hybridized carbons (Fsp3) is 0.137. The lowest BCUT2D eigenvalue weighted by atomic mass is 10.2. The van der Waals surface area contributed by atoms with Gasteiger partial charge in [-0.1, -0.05) is 115 Å². The number of carbonyl (C=O) groups is 5. The average Bonchev–Trinajstić information content (AvgIpc) is 0.811. The molecule has 27 nitrogen and oxygen atoms in total. The van der Waals surface area contributed by atoms with Crippen molar-refractivity contribution < 1.29 is 52.4 Å². The molecule has 0 radical (unpaired) electrons. The predicted molar refractivity (Wildman–Crippen MR) is 463 cm³/mol. The number of aromatic nitrogens is 10. The number of carboxylic acids is 1. The van der Waals surface area contributed by atoms with Gasteiger partial charge in [-0.05, 0) is 198 Å². The van der Waals surface area contributed by atoms with Gasteiger partial charge in [0.1, 0.15) is 45.1 Å². The summed E-state index contributed by atoms with van der Waals surface area (Å²) in [5, 5.41) is 18.1. The van der Waals surface area contributed by atoms with Gasteiger partial charge in [-0.2, -0.15) is 0 Å². The number of benzene rings is 4. The molecule has 0 bridgehead atoms. The highest BCUT2D eigenvalue weighted by molar-refractivity contribution is 8.26. The van der Waals surface area contributed by atoms with Crippen molar-refractivity contribution in [2.45, 2.75) is 20.8 Å². The smallest absolute Gasteiger partial charge is 0.341 e. The van der Waals surface area contributed by atoms with E-state index in [4.69, 9.17) is 101 Å². The number of hydrogen-bond donors (Lipinski definition) is 7. The molecule has 0 atom stereocenters. The summed E-state index contributed by atoms with van der Waals surface area (Å²) < 4.78 is 27.7. The number of nitrogens with two attached hydrogens (primary N) is 3. The number of carboxylic acid groups (broad SMARTS) is 1. The third-order valence-corrected chi connectivity index (χ3v) is 14.5. The molecule has 0 aliphatic rings. The molecule has 0 fully saturated rings. The lowest BCUT2D eigenvalue weighted by molar-refractivity contribution is 0.0592. The molecule has 10 N–H and O–H groups in total. The highest BCUT2D eigenvalue weighted by Crippen LogP contribution is 2.61. The van der Waals surface area contributed by atoms with Crippen LogP contribution in [-0.2, 0) is 23.3 Å². The van der Waals surface area contributed by atoms with Gasteiger partial charge in [0.2, 0.25) is 9.23 Å². The van der Waals surface area contributed by atoms with E-state index in [2.05, 4.69) is 157 Å². The Morgan fingerprint density at radius 3 is 1.36 bits per heavy atom. The number of ether oxygens (including phenoxy) is 2. The molecule has 8 heterocycles. The van der Waals surface area contributed by atoms with Crippen LogP contribution in [0.5, 0.6) is 0 Å². The Hall–Kier alpha value is -9.01. The Labute approximate surface area is 716 Å². The van der Waals surface area contributed by atoms with Crippen molar-refractivity contribution in [1.82, 2.24) is 54.7 Å². The van der Waals surface area contributed by atoms with E-state index < -0.39 is 43.5 Å². The molecule has 0 unspecified atom stereocenters. The van der Waals surface area contributed by atoms with Gasteiger partial charge in [-0.25, -0.2) is 58.5 Å². The van der Waals surface area contributed by atoms with Crippen LogP contribution >= 0.6 is 141 Å². The molecular formula is C73H72Cl12N15O12PS. The van der Waals surface area contributed by atoms with Crippen LogP contribution < -0.4 is 28.1 Å². The summed E-state index contributed by atoms with van der Waals surface area (Å²) in [6.45, 7) is 10.1. The molecule has 0 spiro atoms. The average molecular weight is 1840 g/mol. The Morgan fingerprint density at radius 2 is 0.939 bits per heavy atom. The number of nitrogen functional groups attached to an aromatic ring is 3. The van der Waals surface area contributed by atoms with E-state index in [1.165, 1.54) is 89.2 Å². The Bertz CT molecular complexity index is 5100. The van der Waals surface area contributed by atoms with Crippen LogP contribution in [-0.4, -0.2) is 146 Å². The number of aromatic carboxylic acids is 1. The van der Waals surface area contributed by atoms with Crippen LogP contribution in [0.2, 0.25) is 25.2 Å². The number of aromatic amines is 1. The van der Waals surface area contributed by atoms with Crippen molar-refractivity contribution in [2.75, 3.05) is 69.9 Å². The molecule has 0 saturated carbocycles. The van der Waals surface area contributed by atoms with E-state index in [1.807, 2.05) is 24.3 Å². The van der Waals surface area contributed by atoms with E-state index >= 15 is 0 Å². The summed E-state index contributed by atoms with van der Waals surface area (Å²) in [5.74, 6) is -1.11. The second-order valence-electron chi connectivity index (χ2n) is 20.3. The van der Waals surface area contributed by atoms with Gasteiger partial charge in [0.15, 0.2) is 17.1 Å². The highest BCUT2D eigenvalue weighted by Gasteiger charge is 2.17. The molecule has 606 valence electrons. The zero-order valence-electron chi connectivity index (χ0n) is 60.9. The minimum atomic E-state index is -3.22. The molecule has 12 rings (SSSR count). The Kier molecular flexibility index (Phi) is 52.3. The monoisotopic (exact) mass is 1830 g/mol. The summed E-state index contributed by atoms with van der Waals surface area (Å²) in [6.07, 6.45) is 12.5. The van der Waals surface area contributed by atoms with Gasteiger partial charge in [0.05, 0.1) is 25.0 Å². The van der Waals surface area contributed by atoms with Crippen molar-refractivity contribution in [1.29, 1.82) is 0 Å². The van der Waals surface area contributed by atoms with Crippen LogP contribution in [0.15, 0.2) is 218 Å². The number of pyridine rings is 6. The summed E-state index contributed by atoms with van der Waals surface area (Å²) in [6, 6.07) is 47.2. The second-order valence-corrected chi connectivity index (χ2v) is 31.9. The minimum Gasteiger partial charge on any atom is -0.478 e. The lowest BCUT2D eigenvalue weighted by Gasteiger charge is -2.13. The van der Waals surface area contributed by atoms with Gasteiger partial charge in [0, 0.05) is 126 Å². The number of alkyl halides is 1. The number of rotatable bonds is 11. The third kappa shape index (κ3) is 41.9. The van der Waals surface area contributed by atoms with Crippen LogP contribution in [0, 0.1) is 0 Å². The first-order valence-electron chi connectivity index (χ1n) is 31.8. The predicted octanol–water partition coefficient (Wildman–Crippen LogP) is 19.3. The summed E-state index contributed by atoms with van der Waals surface area (Å²) in [4.78, 5) is 109. The number of aliphatic hydroxyl groups excluding tert-OH is 1. The van der Waals surface area contributed by atoms with E-state index in [9.17, 15) is 33.3 Å². The summed E-state index contributed by atoms with van der Waals surface area (Å²) in [7, 11) is 10.9. The number of H-pyrrole nitrogens is 1. The quantitative estimate of drug-likeness (QED) is 0.0208.